The molecule has 0 radical (unpaired) electrons. The van der Waals surface area contributed by atoms with Crippen molar-refractivity contribution in [3.8, 4) is 11.4 Å². The third-order valence-electron chi connectivity index (χ3n) is 4.16. The third kappa shape index (κ3) is 3.48. The smallest absolute Gasteiger partial charge is 0.269 e. The number of aromatic nitrogens is 3. The van der Waals surface area contributed by atoms with Gasteiger partial charge in [-0.1, -0.05) is 18.2 Å². The van der Waals surface area contributed by atoms with Gasteiger partial charge in [0.1, 0.15) is 29.1 Å². The fraction of sp³-hybridized carbons (Fsp3) is 0.100. The second kappa shape index (κ2) is 6.87. The Labute approximate surface area is 155 Å². The van der Waals surface area contributed by atoms with Gasteiger partial charge in [-0.15, -0.1) is 15.0 Å². The maximum absolute atomic E-state index is 10.8. The Morgan fingerprint density at radius 1 is 1.00 bits per heavy atom. The van der Waals surface area contributed by atoms with Crippen molar-refractivity contribution in [2.75, 3.05) is 0 Å². The average Bonchev–Trinajstić information content (AvgIpc) is 3.11. The summed E-state index contributed by atoms with van der Waals surface area (Å²) < 4.78 is 5.96. The van der Waals surface area contributed by atoms with Crippen molar-refractivity contribution in [2.45, 2.75) is 13.5 Å². The van der Waals surface area contributed by atoms with Crippen LogP contribution in [0.25, 0.3) is 16.7 Å². The van der Waals surface area contributed by atoms with Crippen LogP contribution in [0.1, 0.15) is 11.1 Å². The number of nitro benzene ring substituents is 1. The summed E-state index contributed by atoms with van der Waals surface area (Å²) in [6, 6.07) is 19.8. The van der Waals surface area contributed by atoms with Gasteiger partial charge < -0.3 is 4.74 Å². The van der Waals surface area contributed by atoms with Gasteiger partial charge in [0.05, 0.1) is 4.92 Å². The quantitative estimate of drug-likeness (QED) is 0.393. The molecule has 27 heavy (non-hydrogen) atoms. The highest BCUT2D eigenvalue weighted by Gasteiger charge is 2.11. The number of fused-ring (bicyclic) bond motifs is 1. The SMILES string of the molecule is Cc1ccc(OCc2ccc([N+](=O)[O-])cc2)c(-n2nc3ccccc3n2)c1. The molecule has 3 aromatic carbocycles. The van der Waals surface area contributed by atoms with Crippen LogP contribution in [0.4, 0.5) is 5.69 Å². The molecule has 4 aromatic rings. The molecule has 134 valence electrons. The van der Waals surface area contributed by atoms with E-state index >= 15 is 0 Å². The Hall–Kier alpha value is -3.74. The van der Waals surface area contributed by atoms with E-state index in [1.807, 2.05) is 49.4 Å². The molecule has 0 aliphatic heterocycles. The Balaban J connectivity index is 1.62. The minimum Gasteiger partial charge on any atom is -0.487 e. The van der Waals surface area contributed by atoms with Crippen LogP contribution in [0.5, 0.6) is 5.75 Å². The van der Waals surface area contributed by atoms with E-state index in [0.29, 0.717) is 5.75 Å². The highest BCUT2D eigenvalue weighted by atomic mass is 16.6. The van der Waals surface area contributed by atoms with Crippen molar-refractivity contribution in [2.24, 2.45) is 0 Å². The minimum atomic E-state index is -0.420. The van der Waals surface area contributed by atoms with E-state index in [0.717, 1.165) is 27.8 Å². The van der Waals surface area contributed by atoms with E-state index in [-0.39, 0.29) is 12.3 Å². The number of aryl methyl sites for hydroxylation is 1. The summed E-state index contributed by atoms with van der Waals surface area (Å²) in [6.45, 7) is 2.28. The first-order valence-electron chi connectivity index (χ1n) is 8.39. The van der Waals surface area contributed by atoms with E-state index in [1.54, 1.807) is 16.9 Å². The van der Waals surface area contributed by atoms with Crippen LogP contribution in [-0.2, 0) is 6.61 Å². The van der Waals surface area contributed by atoms with Crippen LogP contribution < -0.4 is 4.74 Å². The van der Waals surface area contributed by atoms with E-state index in [2.05, 4.69) is 10.2 Å². The topological polar surface area (TPSA) is 83.1 Å². The van der Waals surface area contributed by atoms with Gasteiger partial charge in [0.25, 0.3) is 5.69 Å². The van der Waals surface area contributed by atoms with E-state index in [4.69, 9.17) is 4.74 Å². The minimum absolute atomic E-state index is 0.0576. The zero-order valence-corrected chi connectivity index (χ0v) is 14.6. The van der Waals surface area contributed by atoms with Crippen LogP contribution in [0.2, 0.25) is 0 Å². The zero-order valence-electron chi connectivity index (χ0n) is 14.6. The highest BCUT2D eigenvalue weighted by molar-refractivity contribution is 5.73. The zero-order chi connectivity index (χ0) is 18.8. The van der Waals surface area contributed by atoms with Gasteiger partial charge in [-0.2, -0.15) is 0 Å². The summed E-state index contributed by atoms with van der Waals surface area (Å²) in [4.78, 5) is 11.9. The molecule has 1 heterocycles. The average molecular weight is 360 g/mol. The van der Waals surface area contributed by atoms with E-state index in [1.165, 1.54) is 12.1 Å². The number of benzene rings is 3. The Bertz CT molecular complexity index is 1090. The second-order valence-electron chi connectivity index (χ2n) is 6.16. The lowest BCUT2D eigenvalue weighted by molar-refractivity contribution is -0.384. The molecule has 0 atom stereocenters. The number of hydrogen-bond acceptors (Lipinski definition) is 5. The molecule has 1 aromatic heterocycles. The van der Waals surface area contributed by atoms with Crippen LogP contribution in [0, 0.1) is 17.0 Å². The highest BCUT2D eigenvalue weighted by Crippen LogP contribution is 2.25. The summed E-state index contributed by atoms with van der Waals surface area (Å²) in [7, 11) is 0. The molecule has 0 spiro atoms. The van der Waals surface area contributed by atoms with Crippen LogP contribution in [0.3, 0.4) is 0 Å². The molecule has 0 unspecified atom stereocenters. The van der Waals surface area contributed by atoms with Gasteiger partial charge in [0.2, 0.25) is 0 Å². The van der Waals surface area contributed by atoms with Gasteiger partial charge in [0.15, 0.2) is 0 Å². The largest absolute Gasteiger partial charge is 0.487 e. The Kier molecular flexibility index (Phi) is 4.25. The van der Waals surface area contributed by atoms with Crippen LogP contribution in [-0.4, -0.2) is 19.9 Å². The molecule has 0 amide bonds. The van der Waals surface area contributed by atoms with Crippen molar-refractivity contribution >= 4 is 16.7 Å². The summed E-state index contributed by atoms with van der Waals surface area (Å²) >= 11 is 0. The van der Waals surface area contributed by atoms with Crippen molar-refractivity contribution in [3.05, 3.63) is 88.0 Å². The summed E-state index contributed by atoms with van der Waals surface area (Å²) in [6.07, 6.45) is 0. The summed E-state index contributed by atoms with van der Waals surface area (Å²) in [5.74, 6) is 0.638. The van der Waals surface area contributed by atoms with Crippen LogP contribution in [0.15, 0.2) is 66.7 Å². The molecular formula is C20H16N4O3. The fourth-order valence-electron chi connectivity index (χ4n) is 2.75. The molecule has 4 rings (SSSR count). The third-order valence-corrected chi connectivity index (χ3v) is 4.16. The van der Waals surface area contributed by atoms with Gasteiger partial charge >= 0.3 is 0 Å². The van der Waals surface area contributed by atoms with Crippen molar-refractivity contribution < 1.29 is 9.66 Å². The number of hydrogen-bond donors (Lipinski definition) is 0. The first-order chi connectivity index (χ1) is 13.1. The van der Waals surface area contributed by atoms with Gasteiger partial charge in [-0.05, 0) is 54.4 Å². The van der Waals surface area contributed by atoms with Gasteiger partial charge in [-0.25, -0.2) is 0 Å². The summed E-state index contributed by atoms with van der Waals surface area (Å²) in [5, 5.41) is 19.8. The number of rotatable bonds is 5. The fourth-order valence-corrected chi connectivity index (χ4v) is 2.75. The standard InChI is InChI=1S/C20H16N4O3/c1-14-6-11-20(27-13-15-7-9-16(10-8-15)24(25)26)19(12-14)23-21-17-4-2-3-5-18(17)22-23/h2-12H,13H2,1H3. The molecule has 7 nitrogen and oxygen atoms in total. The second-order valence-corrected chi connectivity index (χ2v) is 6.16. The number of non-ortho nitro benzene ring substituents is 1. The Morgan fingerprint density at radius 2 is 1.67 bits per heavy atom. The van der Waals surface area contributed by atoms with E-state index < -0.39 is 4.92 Å². The molecule has 0 fully saturated rings. The molecule has 0 saturated carbocycles. The molecule has 7 heteroatoms. The predicted octanol–water partition coefficient (Wildman–Crippen LogP) is 4.22. The van der Waals surface area contributed by atoms with Crippen LogP contribution >= 0.6 is 0 Å². The molecule has 0 bridgehead atoms. The van der Waals surface area contributed by atoms with Gasteiger partial charge in [0, 0.05) is 12.1 Å². The molecule has 0 aliphatic rings. The monoisotopic (exact) mass is 360 g/mol. The predicted molar refractivity (Wildman–Crippen MR) is 101 cm³/mol. The maximum Gasteiger partial charge on any atom is 0.269 e. The maximum atomic E-state index is 10.8. The molecule has 0 saturated heterocycles. The lowest BCUT2D eigenvalue weighted by Crippen LogP contribution is -2.04. The molecule has 0 N–H and O–H groups in total. The van der Waals surface area contributed by atoms with Crippen molar-refractivity contribution in [3.63, 3.8) is 0 Å². The Morgan fingerprint density at radius 3 is 2.30 bits per heavy atom. The number of nitrogens with zero attached hydrogens (tertiary/aromatic N) is 4. The molecular weight excluding hydrogens is 344 g/mol. The van der Waals surface area contributed by atoms with Crippen molar-refractivity contribution in [1.82, 2.24) is 15.0 Å². The van der Waals surface area contributed by atoms with Crippen molar-refractivity contribution in [1.29, 1.82) is 0 Å². The number of ether oxygens (including phenoxy) is 1. The lowest BCUT2D eigenvalue weighted by atomic mass is 10.2. The van der Waals surface area contributed by atoms with Gasteiger partial charge in [-0.3, -0.25) is 10.1 Å². The first kappa shape index (κ1) is 16.7. The lowest BCUT2D eigenvalue weighted by Gasteiger charge is -2.11. The first-order valence-corrected chi connectivity index (χ1v) is 8.39. The van der Waals surface area contributed by atoms with E-state index in [9.17, 15) is 10.1 Å². The summed E-state index contributed by atoms with van der Waals surface area (Å²) in [5.41, 5.74) is 4.32. The molecule has 0 aliphatic carbocycles. The number of nitro groups is 1. The normalized spacial score (nSPS) is 10.9.